The Hall–Kier alpha value is -0.380. The van der Waals surface area contributed by atoms with Crippen LogP contribution in [0.4, 0.5) is 0 Å². The second-order valence-corrected chi connectivity index (χ2v) is 7.34. The molecule has 90 valence electrons. The molecular formula is C12H18ClNOS. The molecule has 0 amide bonds. The van der Waals surface area contributed by atoms with Crippen molar-refractivity contribution in [1.29, 1.82) is 0 Å². The molecule has 0 saturated heterocycles. The minimum absolute atomic E-state index is 0.212. The third-order valence-corrected chi connectivity index (χ3v) is 4.61. The Bertz CT molecular complexity index is 398. The maximum atomic E-state index is 12.0. The molecule has 1 unspecified atom stereocenters. The van der Waals surface area contributed by atoms with Gasteiger partial charge in [-0.3, -0.25) is 4.21 Å². The molecular weight excluding hydrogens is 242 g/mol. The Morgan fingerprint density at radius 3 is 2.44 bits per heavy atom. The smallest absolute Gasteiger partial charge is 0.0505 e. The summed E-state index contributed by atoms with van der Waals surface area (Å²) in [5.74, 6) is 0.493. The summed E-state index contributed by atoms with van der Waals surface area (Å²) in [5.41, 5.74) is 7.44. The minimum Gasteiger partial charge on any atom is -0.326 e. The van der Waals surface area contributed by atoms with Crippen LogP contribution >= 0.6 is 11.6 Å². The van der Waals surface area contributed by atoms with Gasteiger partial charge in [0.2, 0.25) is 0 Å². The molecule has 4 heteroatoms. The van der Waals surface area contributed by atoms with Crippen molar-refractivity contribution >= 4 is 22.4 Å². The predicted octanol–water partition coefficient (Wildman–Crippen LogP) is 2.85. The molecule has 0 aromatic heterocycles. The summed E-state index contributed by atoms with van der Waals surface area (Å²) < 4.78 is 11.8. The summed E-state index contributed by atoms with van der Waals surface area (Å²) in [6.45, 7) is 6.37. The van der Waals surface area contributed by atoms with Gasteiger partial charge in [0, 0.05) is 27.1 Å². The minimum atomic E-state index is -0.923. The molecule has 2 N–H and O–H groups in total. The summed E-state index contributed by atoms with van der Waals surface area (Å²) in [5, 5.41) is 0.653. The predicted molar refractivity (Wildman–Crippen MR) is 70.9 cm³/mol. The van der Waals surface area contributed by atoms with E-state index >= 15 is 0 Å². The van der Waals surface area contributed by atoms with Gasteiger partial charge in [-0.15, -0.1) is 0 Å². The number of hydrogen-bond acceptors (Lipinski definition) is 2. The van der Waals surface area contributed by atoms with E-state index in [-0.39, 0.29) is 4.75 Å². The molecule has 1 rings (SSSR count). The molecule has 1 aromatic carbocycles. The lowest BCUT2D eigenvalue weighted by atomic mass is 10.1. The van der Waals surface area contributed by atoms with Crippen molar-refractivity contribution in [2.45, 2.75) is 37.8 Å². The Labute approximate surface area is 105 Å². The summed E-state index contributed by atoms with van der Waals surface area (Å²) >= 11 is 6.11. The van der Waals surface area contributed by atoms with Gasteiger partial charge in [-0.2, -0.15) is 0 Å². The number of nitrogens with two attached hydrogens (primary N) is 1. The first-order valence-electron chi connectivity index (χ1n) is 5.20. The van der Waals surface area contributed by atoms with E-state index in [2.05, 4.69) is 0 Å². The van der Waals surface area contributed by atoms with Crippen LogP contribution in [0.1, 0.15) is 31.9 Å². The van der Waals surface area contributed by atoms with E-state index in [4.69, 9.17) is 17.3 Å². The molecule has 0 fully saturated rings. The van der Waals surface area contributed by atoms with Gasteiger partial charge >= 0.3 is 0 Å². The Morgan fingerprint density at radius 2 is 2.00 bits per heavy atom. The van der Waals surface area contributed by atoms with Crippen molar-refractivity contribution in [2.24, 2.45) is 5.73 Å². The van der Waals surface area contributed by atoms with Gasteiger partial charge in [0.25, 0.3) is 0 Å². The van der Waals surface area contributed by atoms with Gasteiger partial charge in [-0.1, -0.05) is 23.7 Å². The molecule has 2 nitrogen and oxygen atoms in total. The van der Waals surface area contributed by atoms with Crippen molar-refractivity contribution in [1.82, 2.24) is 0 Å². The van der Waals surface area contributed by atoms with Crippen molar-refractivity contribution in [2.75, 3.05) is 0 Å². The summed E-state index contributed by atoms with van der Waals surface area (Å²) in [6, 6.07) is 5.69. The fourth-order valence-electron chi connectivity index (χ4n) is 1.19. The van der Waals surface area contributed by atoms with Crippen molar-refractivity contribution in [3.63, 3.8) is 0 Å². The molecule has 1 atom stereocenters. The molecule has 0 radical (unpaired) electrons. The maximum Gasteiger partial charge on any atom is 0.0505 e. The molecule has 0 aliphatic heterocycles. The number of hydrogen-bond donors (Lipinski definition) is 1. The normalized spacial score (nSPS) is 13.8. The third kappa shape index (κ3) is 3.58. The van der Waals surface area contributed by atoms with E-state index in [9.17, 15) is 4.21 Å². The maximum absolute atomic E-state index is 12.0. The van der Waals surface area contributed by atoms with Crippen LogP contribution in [0, 0.1) is 0 Å². The van der Waals surface area contributed by atoms with Gasteiger partial charge in [0.05, 0.1) is 5.75 Å². The standard InChI is InChI=1S/C12H18ClNOS/c1-12(2,3)16(15)8-10-5-4-9(7-14)6-11(10)13/h4-6H,7-8,14H2,1-3H3. The molecule has 0 spiro atoms. The summed E-state index contributed by atoms with van der Waals surface area (Å²) in [7, 11) is -0.923. The fourth-order valence-corrected chi connectivity index (χ4v) is 2.51. The van der Waals surface area contributed by atoms with Crippen LogP contribution in [0.25, 0.3) is 0 Å². The lowest BCUT2D eigenvalue weighted by Gasteiger charge is -2.18. The summed E-state index contributed by atoms with van der Waals surface area (Å²) in [6.07, 6.45) is 0. The fraction of sp³-hybridized carbons (Fsp3) is 0.500. The Morgan fingerprint density at radius 1 is 1.38 bits per heavy atom. The lowest BCUT2D eigenvalue weighted by molar-refractivity contribution is 0.648. The second-order valence-electron chi connectivity index (χ2n) is 4.73. The van der Waals surface area contributed by atoms with Crippen LogP contribution in [-0.2, 0) is 23.1 Å². The SMILES string of the molecule is CC(C)(C)S(=O)Cc1ccc(CN)cc1Cl. The van der Waals surface area contributed by atoms with Gasteiger partial charge in [-0.05, 0) is 38.0 Å². The zero-order valence-electron chi connectivity index (χ0n) is 9.92. The number of rotatable bonds is 3. The zero-order valence-corrected chi connectivity index (χ0v) is 11.5. The zero-order chi connectivity index (χ0) is 12.3. The van der Waals surface area contributed by atoms with Crippen LogP contribution in [0.5, 0.6) is 0 Å². The average Bonchev–Trinajstić information content (AvgIpc) is 2.19. The highest BCUT2D eigenvalue weighted by Gasteiger charge is 2.20. The highest BCUT2D eigenvalue weighted by atomic mass is 35.5. The monoisotopic (exact) mass is 259 g/mol. The van der Waals surface area contributed by atoms with Crippen LogP contribution in [0.2, 0.25) is 5.02 Å². The average molecular weight is 260 g/mol. The van der Waals surface area contributed by atoms with Gasteiger partial charge in [0.1, 0.15) is 0 Å². The first kappa shape index (κ1) is 13.7. The van der Waals surface area contributed by atoms with E-state index in [1.807, 2.05) is 39.0 Å². The highest BCUT2D eigenvalue weighted by molar-refractivity contribution is 7.85. The first-order chi connectivity index (χ1) is 7.34. The van der Waals surface area contributed by atoms with Crippen LogP contribution in [0.15, 0.2) is 18.2 Å². The van der Waals surface area contributed by atoms with Crippen LogP contribution in [-0.4, -0.2) is 8.96 Å². The van der Waals surface area contributed by atoms with Crippen molar-refractivity contribution < 1.29 is 4.21 Å². The Kier molecular flexibility index (Phi) is 4.53. The van der Waals surface area contributed by atoms with Crippen molar-refractivity contribution in [3.8, 4) is 0 Å². The Balaban J connectivity index is 2.87. The van der Waals surface area contributed by atoms with Gasteiger partial charge < -0.3 is 5.73 Å². The lowest BCUT2D eigenvalue weighted by Crippen LogP contribution is -2.23. The van der Waals surface area contributed by atoms with E-state index in [1.54, 1.807) is 0 Å². The van der Waals surface area contributed by atoms with Crippen molar-refractivity contribution in [3.05, 3.63) is 34.3 Å². The topological polar surface area (TPSA) is 43.1 Å². The van der Waals surface area contributed by atoms with E-state index in [1.165, 1.54) is 0 Å². The quantitative estimate of drug-likeness (QED) is 0.907. The third-order valence-electron chi connectivity index (χ3n) is 2.32. The van der Waals surface area contributed by atoms with E-state index < -0.39 is 10.8 Å². The molecule has 0 aliphatic rings. The van der Waals surface area contributed by atoms with E-state index in [0.717, 1.165) is 11.1 Å². The molecule has 0 aliphatic carbocycles. The second kappa shape index (κ2) is 5.30. The number of halogens is 1. The molecule has 16 heavy (non-hydrogen) atoms. The van der Waals surface area contributed by atoms with Gasteiger partial charge in [0.15, 0.2) is 0 Å². The van der Waals surface area contributed by atoms with Crippen LogP contribution < -0.4 is 5.73 Å². The highest BCUT2D eigenvalue weighted by Crippen LogP contribution is 2.23. The molecule has 1 aromatic rings. The first-order valence-corrected chi connectivity index (χ1v) is 6.90. The largest absolute Gasteiger partial charge is 0.326 e. The summed E-state index contributed by atoms with van der Waals surface area (Å²) in [4.78, 5) is 0. The van der Waals surface area contributed by atoms with Crippen LogP contribution in [0.3, 0.4) is 0 Å². The molecule has 0 saturated carbocycles. The number of benzene rings is 1. The van der Waals surface area contributed by atoms with Gasteiger partial charge in [-0.25, -0.2) is 0 Å². The molecule has 0 heterocycles. The van der Waals surface area contributed by atoms with E-state index in [0.29, 0.717) is 17.3 Å². The molecule has 0 bridgehead atoms.